The summed E-state index contributed by atoms with van der Waals surface area (Å²) in [6, 6.07) is 5.65. The fourth-order valence-electron chi connectivity index (χ4n) is 4.28. The Balaban J connectivity index is 2.24. The summed E-state index contributed by atoms with van der Waals surface area (Å²) in [5.41, 5.74) is 4.42. The molecule has 2 atom stereocenters. The molecule has 0 aromatic heterocycles. The van der Waals surface area contributed by atoms with Crippen LogP contribution in [-0.4, -0.2) is 31.2 Å². The Kier molecular flexibility index (Phi) is 11.7. The monoisotopic (exact) mass is 464 g/mol. The number of hydrogen-bond donors (Lipinski definition) is 1. The molecule has 0 radical (unpaired) electrons. The molecule has 4 heteroatoms. The number of rotatable bonds is 13. The van der Waals surface area contributed by atoms with Crippen LogP contribution in [0.1, 0.15) is 51.2 Å². The molecule has 0 fully saturated rings. The molecule has 0 heterocycles. The third-order valence-electron chi connectivity index (χ3n) is 5.92. The minimum atomic E-state index is -0.392. The van der Waals surface area contributed by atoms with Crippen LogP contribution in [0, 0.1) is 5.92 Å². The summed E-state index contributed by atoms with van der Waals surface area (Å²) < 4.78 is 17.1. The summed E-state index contributed by atoms with van der Waals surface area (Å²) >= 11 is 0. The number of hydrogen-bond acceptors (Lipinski definition) is 4. The molecule has 184 valence electrons. The topological polar surface area (TPSA) is 47.9 Å². The van der Waals surface area contributed by atoms with E-state index in [2.05, 4.69) is 19.2 Å². The van der Waals surface area contributed by atoms with Gasteiger partial charge in [-0.25, -0.2) is 0 Å². The van der Waals surface area contributed by atoms with Crippen molar-refractivity contribution in [1.29, 1.82) is 0 Å². The SMILES string of the molecule is C=C(/C=C\C=C/C)[C@H]1CCc2cc(O)ccc2[C@H]1C(=C)/C=C\C(=C/C)OCC(OCC)OCC. The minimum absolute atomic E-state index is 0.0704. The molecule has 0 amide bonds. The fraction of sp³-hybridized carbons (Fsp3) is 0.400. The van der Waals surface area contributed by atoms with Crippen molar-refractivity contribution in [2.24, 2.45) is 5.92 Å². The average Bonchev–Trinajstić information content (AvgIpc) is 2.83. The quantitative estimate of drug-likeness (QED) is 0.191. The molecule has 0 aliphatic heterocycles. The van der Waals surface area contributed by atoms with E-state index < -0.39 is 6.29 Å². The second-order valence-corrected chi connectivity index (χ2v) is 8.22. The standard InChI is InChI=1S/C30H40O4/c1-7-11-12-13-22(5)27-18-15-24-20-25(31)16-19-28(24)30(27)23(6)14-17-26(8-2)34-21-29(32-9-3)33-10-4/h7-8,11-14,16-17,19-20,27,29-31H,5-6,9-10,15,18,21H2,1-4H3/b11-7-,13-12-,17-14-,26-8+/t27-,30+/m1/s1. The Morgan fingerprint density at radius 1 is 1.06 bits per heavy atom. The molecule has 0 spiro atoms. The van der Waals surface area contributed by atoms with Crippen LogP contribution in [0.25, 0.3) is 0 Å². The van der Waals surface area contributed by atoms with E-state index in [-0.39, 0.29) is 11.8 Å². The van der Waals surface area contributed by atoms with E-state index in [0.29, 0.717) is 25.6 Å². The number of ether oxygens (including phenoxy) is 3. The van der Waals surface area contributed by atoms with Gasteiger partial charge in [-0.1, -0.05) is 55.2 Å². The third-order valence-corrected chi connectivity index (χ3v) is 5.92. The maximum Gasteiger partial charge on any atom is 0.191 e. The lowest BCUT2D eigenvalue weighted by atomic mass is 9.69. The number of aryl methyl sites for hydroxylation is 1. The second kappa shape index (κ2) is 14.4. The fourth-order valence-corrected chi connectivity index (χ4v) is 4.28. The molecule has 1 aromatic rings. The lowest BCUT2D eigenvalue weighted by Gasteiger charge is -2.35. The van der Waals surface area contributed by atoms with E-state index in [1.807, 2.05) is 76.3 Å². The normalized spacial score (nSPS) is 18.8. The maximum atomic E-state index is 10.0. The first-order chi connectivity index (χ1) is 16.4. The van der Waals surface area contributed by atoms with Gasteiger partial charge in [0.15, 0.2) is 6.29 Å². The highest BCUT2D eigenvalue weighted by atomic mass is 16.7. The van der Waals surface area contributed by atoms with Gasteiger partial charge in [-0.2, -0.15) is 0 Å². The largest absolute Gasteiger partial charge is 0.508 e. The highest BCUT2D eigenvalue weighted by Gasteiger charge is 2.32. The van der Waals surface area contributed by atoms with Gasteiger partial charge in [0.05, 0.1) is 0 Å². The summed E-state index contributed by atoms with van der Waals surface area (Å²) in [6.45, 7) is 18.1. The van der Waals surface area contributed by atoms with Crippen molar-refractivity contribution >= 4 is 0 Å². The first-order valence-corrected chi connectivity index (χ1v) is 12.1. The number of fused-ring (bicyclic) bond motifs is 1. The van der Waals surface area contributed by atoms with Gasteiger partial charge in [0, 0.05) is 19.1 Å². The van der Waals surface area contributed by atoms with Crippen molar-refractivity contribution in [3.05, 3.63) is 102 Å². The number of phenols is 1. The van der Waals surface area contributed by atoms with Crippen LogP contribution in [-0.2, 0) is 20.6 Å². The van der Waals surface area contributed by atoms with Crippen molar-refractivity contribution in [3.63, 3.8) is 0 Å². The smallest absolute Gasteiger partial charge is 0.191 e. The van der Waals surface area contributed by atoms with Gasteiger partial charge in [-0.3, -0.25) is 0 Å². The van der Waals surface area contributed by atoms with Crippen molar-refractivity contribution in [1.82, 2.24) is 0 Å². The van der Waals surface area contributed by atoms with Crippen molar-refractivity contribution < 1.29 is 19.3 Å². The summed E-state index contributed by atoms with van der Waals surface area (Å²) in [5.74, 6) is 1.33. The summed E-state index contributed by atoms with van der Waals surface area (Å²) in [4.78, 5) is 0. The lowest BCUT2D eigenvalue weighted by molar-refractivity contribution is -0.159. The summed E-state index contributed by atoms with van der Waals surface area (Å²) in [6.07, 6.45) is 15.5. The Morgan fingerprint density at radius 3 is 2.44 bits per heavy atom. The molecular formula is C30H40O4. The van der Waals surface area contributed by atoms with Gasteiger partial charge in [0.25, 0.3) is 0 Å². The third kappa shape index (κ3) is 7.89. The average molecular weight is 465 g/mol. The summed E-state index contributed by atoms with van der Waals surface area (Å²) in [7, 11) is 0. The molecule has 0 unspecified atom stereocenters. The van der Waals surface area contributed by atoms with E-state index in [0.717, 1.165) is 29.7 Å². The maximum absolute atomic E-state index is 10.0. The molecule has 1 aliphatic rings. The molecule has 0 bridgehead atoms. The predicted octanol–water partition coefficient (Wildman–Crippen LogP) is 7.16. The molecule has 34 heavy (non-hydrogen) atoms. The molecule has 2 rings (SSSR count). The molecular weight excluding hydrogens is 424 g/mol. The highest BCUT2D eigenvalue weighted by molar-refractivity contribution is 5.47. The van der Waals surface area contributed by atoms with Crippen molar-refractivity contribution in [3.8, 4) is 5.75 Å². The van der Waals surface area contributed by atoms with Gasteiger partial charge < -0.3 is 19.3 Å². The van der Waals surface area contributed by atoms with E-state index >= 15 is 0 Å². The molecule has 0 saturated heterocycles. The molecule has 4 nitrogen and oxygen atoms in total. The number of aromatic hydroxyl groups is 1. The van der Waals surface area contributed by atoms with Crippen LogP contribution in [0.2, 0.25) is 0 Å². The highest BCUT2D eigenvalue weighted by Crippen LogP contribution is 2.45. The van der Waals surface area contributed by atoms with Crippen LogP contribution in [0.15, 0.2) is 90.8 Å². The Morgan fingerprint density at radius 2 is 1.79 bits per heavy atom. The van der Waals surface area contributed by atoms with E-state index in [1.165, 1.54) is 11.1 Å². The van der Waals surface area contributed by atoms with Crippen LogP contribution < -0.4 is 0 Å². The predicted molar refractivity (Wildman–Crippen MR) is 141 cm³/mol. The first-order valence-electron chi connectivity index (χ1n) is 12.1. The zero-order valence-electron chi connectivity index (χ0n) is 21.1. The summed E-state index contributed by atoms with van der Waals surface area (Å²) in [5, 5.41) is 10.0. The van der Waals surface area contributed by atoms with Crippen LogP contribution in [0.4, 0.5) is 0 Å². The molecule has 1 N–H and O–H groups in total. The lowest BCUT2D eigenvalue weighted by Crippen LogP contribution is -2.23. The van der Waals surface area contributed by atoms with Crippen LogP contribution in [0.3, 0.4) is 0 Å². The molecule has 1 aromatic carbocycles. The van der Waals surface area contributed by atoms with Crippen LogP contribution >= 0.6 is 0 Å². The molecule has 0 saturated carbocycles. The first kappa shape index (κ1) is 27.4. The number of phenolic OH excluding ortho intramolecular Hbond substituents is 1. The Labute approximate surface area is 205 Å². The Bertz CT molecular complexity index is 929. The van der Waals surface area contributed by atoms with E-state index in [1.54, 1.807) is 6.07 Å². The van der Waals surface area contributed by atoms with E-state index in [4.69, 9.17) is 14.2 Å². The van der Waals surface area contributed by atoms with Crippen molar-refractivity contribution in [2.45, 2.75) is 52.7 Å². The zero-order chi connectivity index (χ0) is 24.9. The second-order valence-electron chi connectivity index (χ2n) is 8.22. The van der Waals surface area contributed by atoms with Gasteiger partial charge in [-0.15, -0.1) is 0 Å². The zero-order valence-corrected chi connectivity index (χ0v) is 21.1. The molecule has 1 aliphatic carbocycles. The Hall–Kier alpha value is -2.82. The minimum Gasteiger partial charge on any atom is -0.508 e. The van der Waals surface area contributed by atoms with Gasteiger partial charge in [-0.05, 0) is 87.4 Å². The van der Waals surface area contributed by atoms with Gasteiger partial charge >= 0.3 is 0 Å². The van der Waals surface area contributed by atoms with Gasteiger partial charge in [0.2, 0.25) is 0 Å². The van der Waals surface area contributed by atoms with E-state index in [9.17, 15) is 5.11 Å². The van der Waals surface area contributed by atoms with Gasteiger partial charge in [0.1, 0.15) is 18.1 Å². The number of allylic oxidation sites excluding steroid dienone is 9. The van der Waals surface area contributed by atoms with Crippen LogP contribution in [0.5, 0.6) is 5.75 Å². The number of benzene rings is 1. The van der Waals surface area contributed by atoms with Crippen molar-refractivity contribution in [2.75, 3.05) is 19.8 Å².